The lowest BCUT2D eigenvalue weighted by Crippen LogP contribution is -2.08. The van der Waals surface area contributed by atoms with Gasteiger partial charge in [-0.3, -0.25) is 0 Å². The van der Waals surface area contributed by atoms with Crippen molar-refractivity contribution in [3.05, 3.63) is 21.9 Å². The zero-order chi connectivity index (χ0) is 10.0. The predicted octanol–water partition coefficient (Wildman–Crippen LogP) is 1.71. The molecule has 1 aromatic rings. The number of esters is 1. The van der Waals surface area contributed by atoms with Crippen molar-refractivity contribution in [3.63, 3.8) is 0 Å². The lowest BCUT2D eigenvalue weighted by Gasteiger charge is -1.99. The van der Waals surface area contributed by atoms with Gasteiger partial charge >= 0.3 is 5.97 Å². The molecule has 0 amide bonds. The molecule has 0 saturated heterocycles. The second-order valence-corrected chi connectivity index (χ2v) is 2.65. The van der Waals surface area contributed by atoms with Gasteiger partial charge in [0, 0.05) is 0 Å². The fraction of sp³-hybridized carbons (Fsp3) is 0.167. The first-order valence-corrected chi connectivity index (χ1v) is 3.78. The minimum Gasteiger partial charge on any atom is -0.463 e. The summed E-state index contributed by atoms with van der Waals surface area (Å²) in [5.74, 6) is -2.17. The minimum atomic E-state index is -0.962. The van der Waals surface area contributed by atoms with E-state index < -0.39 is 22.1 Å². The second kappa shape index (κ2) is 3.85. The standard InChI is InChI=1S/C6H3Cl2FN2O2/c1-13-6(12)5-10-3(7)2(9)4(8)11-5/h1H3. The van der Waals surface area contributed by atoms with E-state index >= 15 is 0 Å². The Hall–Kier alpha value is -0.940. The van der Waals surface area contributed by atoms with Crippen LogP contribution in [0.5, 0.6) is 0 Å². The Labute approximate surface area is 82.6 Å². The summed E-state index contributed by atoms with van der Waals surface area (Å²) < 4.78 is 17.0. The molecule has 1 heterocycles. The Morgan fingerprint density at radius 3 is 2.23 bits per heavy atom. The van der Waals surface area contributed by atoms with Gasteiger partial charge in [-0.05, 0) is 0 Å². The number of aromatic nitrogens is 2. The molecule has 0 unspecified atom stereocenters. The summed E-state index contributed by atoms with van der Waals surface area (Å²) >= 11 is 10.6. The number of carbonyl (C=O) groups is 1. The van der Waals surface area contributed by atoms with Crippen LogP contribution >= 0.6 is 23.2 Å². The van der Waals surface area contributed by atoms with E-state index in [1.54, 1.807) is 0 Å². The second-order valence-electron chi connectivity index (χ2n) is 1.93. The van der Waals surface area contributed by atoms with Crippen molar-refractivity contribution in [1.82, 2.24) is 9.97 Å². The van der Waals surface area contributed by atoms with Crippen LogP contribution in [0.15, 0.2) is 0 Å². The van der Waals surface area contributed by atoms with E-state index in [4.69, 9.17) is 23.2 Å². The molecule has 70 valence electrons. The smallest absolute Gasteiger partial charge is 0.376 e. The molecule has 4 nitrogen and oxygen atoms in total. The van der Waals surface area contributed by atoms with Gasteiger partial charge in [-0.25, -0.2) is 19.2 Å². The lowest BCUT2D eigenvalue weighted by molar-refractivity contribution is 0.0586. The third-order valence-corrected chi connectivity index (χ3v) is 1.64. The van der Waals surface area contributed by atoms with Crippen LogP contribution in [0.4, 0.5) is 4.39 Å². The minimum absolute atomic E-state index is 0.376. The van der Waals surface area contributed by atoms with Gasteiger partial charge in [-0.1, -0.05) is 23.2 Å². The van der Waals surface area contributed by atoms with Crippen LogP contribution in [0.3, 0.4) is 0 Å². The van der Waals surface area contributed by atoms with Gasteiger partial charge in [-0.15, -0.1) is 0 Å². The fourth-order valence-corrected chi connectivity index (χ4v) is 0.964. The number of ether oxygens (including phenoxy) is 1. The van der Waals surface area contributed by atoms with Crippen LogP contribution in [-0.4, -0.2) is 23.0 Å². The van der Waals surface area contributed by atoms with Crippen LogP contribution in [0.2, 0.25) is 10.3 Å². The Balaban J connectivity index is 3.20. The van der Waals surface area contributed by atoms with Crippen molar-refractivity contribution in [1.29, 1.82) is 0 Å². The summed E-state index contributed by atoms with van der Waals surface area (Å²) in [5, 5.41) is -1.03. The van der Waals surface area contributed by atoms with E-state index in [2.05, 4.69) is 14.7 Å². The Morgan fingerprint density at radius 2 is 1.85 bits per heavy atom. The zero-order valence-electron chi connectivity index (χ0n) is 6.34. The van der Waals surface area contributed by atoms with Gasteiger partial charge < -0.3 is 4.74 Å². The highest BCUT2D eigenvalue weighted by molar-refractivity contribution is 6.33. The molecule has 0 saturated carbocycles. The van der Waals surface area contributed by atoms with E-state index in [-0.39, 0.29) is 5.82 Å². The van der Waals surface area contributed by atoms with Crippen molar-refractivity contribution in [2.24, 2.45) is 0 Å². The monoisotopic (exact) mass is 224 g/mol. The first-order valence-electron chi connectivity index (χ1n) is 3.03. The topological polar surface area (TPSA) is 52.1 Å². The maximum atomic E-state index is 12.7. The third-order valence-electron chi connectivity index (χ3n) is 1.14. The van der Waals surface area contributed by atoms with Crippen molar-refractivity contribution in [2.45, 2.75) is 0 Å². The molecule has 1 rings (SSSR count). The van der Waals surface area contributed by atoms with Crippen LogP contribution in [0.25, 0.3) is 0 Å². The molecule has 0 aliphatic carbocycles. The van der Waals surface area contributed by atoms with Crippen molar-refractivity contribution in [3.8, 4) is 0 Å². The molecular formula is C6H3Cl2FN2O2. The van der Waals surface area contributed by atoms with E-state index in [9.17, 15) is 9.18 Å². The van der Waals surface area contributed by atoms with Gasteiger partial charge in [0.05, 0.1) is 7.11 Å². The van der Waals surface area contributed by atoms with E-state index in [1.165, 1.54) is 0 Å². The maximum absolute atomic E-state index is 12.7. The molecule has 0 bridgehead atoms. The summed E-state index contributed by atoms with van der Waals surface area (Å²) in [6, 6.07) is 0. The molecule has 0 N–H and O–H groups in total. The number of halogens is 3. The Kier molecular flexibility index (Phi) is 3.00. The molecule has 0 spiro atoms. The Bertz CT molecular complexity index is 335. The normalized spacial score (nSPS) is 9.85. The summed E-state index contributed by atoms with van der Waals surface area (Å²) in [5.41, 5.74) is 0. The molecule has 0 aliphatic rings. The number of rotatable bonds is 1. The highest BCUT2D eigenvalue weighted by Gasteiger charge is 2.16. The first kappa shape index (κ1) is 10.1. The number of carbonyl (C=O) groups excluding carboxylic acids is 1. The van der Waals surface area contributed by atoms with Crippen LogP contribution in [0, 0.1) is 5.82 Å². The summed E-state index contributed by atoms with van der Waals surface area (Å²) in [7, 11) is 1.14. The highest BCUT2D eigenvalue weighted by Crippen LogP contribution is 2.18. The molecule has 0 radical (unpaired) electrons. The summed E-state index contributed by atoms with van der Waals surface area (Å²) in [6.07, 6.45) is 0. The molecule has 0 aliphatic heterocycles. The molecular weight excluding hydrogens is 222 g/mol. The molecule has 1 aromatic heterocycles. The lowest BCUT2D eigenvalue weighted by atomic mass is 10.5. The summed E-state index contributed by atoms with van der Waals surface area (Å²) in [4.78, 5) is 17.5. The van der Waals surface area contributed by atoms with E-state index in [0.29, 0.717) is 0 Å². The number of hydrogen-bond acceptors (Lipinski definition) is 4. The molecule has 0 fully saturated rings. The highest BCUT2D eigenvalue weighted by atomic mass is 35.5. The van der Waals surface area contributed by atoms with Gasteiger partial charge in [0.15, 0.2) is 16.1 Å². The van der Waals surface area contributed by atoms with Crippen LogP contribution < -0.4 is 0 Å². The van der Waals surface area contributed by atoms with Crippen molar-refractivity contribution < 1.29 is 13.9 Å². The largest absolute Gasteiger partial charge is 0.463 e. The van der Waals surface area contributed by atoms with Gasteiger partial charge in [0.25, 0.3) is 0 Å². The summed E-state index contributed by atoms with van der Waals surface area (Å²) in [6.45, 7) is 0. The predicted molar refractivity (Wildman–Crippen MR) is 43.3 cm³/mol. The quantitative estimate of drug-likeness (QED) is 0.539. The van der Waals surface area contributed by atoms with Gasteiger partial charge in [0.1, 0.15) is 0 Å². The maximum Gasteiger partial charge on any atom is 0.376 e. The fourth-order valence-electron chi connectivity index (χ4n) is 0.577. The average molecular weight is 225 g/mol. The average Bonchev–Trinajstić information content (AvgIpc) is 2.12. The van der Waals surface area contributed by atoms with Gasteiger partial charge in [-0.2, -0.15) is 0 Å². The van der Waals surface area contributed by atoms with Crippen molar-refractivity contribution in [2.75, 3.05) is 7.11 Å². The number of nitrogens with zero attached hydrogens (tertiary/aromatic N) is 2. The Morgan fingerprint density at radius 1 is 1.38 bits per heavy atom. The zero-order valence-corrected chi connectivity index (χ0v) is 7.86. The SMILES string of the molecule is COC(=O)c1nc(Cl)c(F)c(Cl)n1. The number of hydrogen-bond donors (Lipinski definition) is 0. The number of methoxy groups -OCH3 is 1. The van der Waals surface area contributed by atoms with Crippen LogP contribution in [0.1, 0.15) is 10.6 Å². The van der Waals surface area contributed by atoms with Crippen LogP contribution in [-0.2, 0) is 4.74 Å². The molecule has 13 heavy (non-hydrogen) atoms. The molecule has 0 atom stereocenters. The van der Waals surface area contributed by atoms with Crippen molar-refractivity contribution >= 4 is 29.2 Å². The van der Waals surface area contributed by atoms with Gasteiger partial charge in [0.2, 0.25) is 5.82 Å². The van der Waals surface area contributed by atoms with E-state index in [0.717, 1.165) is 7.11 Å². The molecule has 0 aromatic carbocycles. The first-order chi connectivity index (χ1) is 6.06. The van der Waals surface area contributed by atoms with E-state index in [1.807, 2.05) is 0 Å². The third kappa shape index (κ3) is 2.05. The molecule has 7 heteroatoms.